The molecule has 0 aliphatic rings. The molecule has 6 heteroatoms. The van der Waals surface area contributed by atoms with E-state index in [1.54, 1.807) is 0 Å². The number of unbranched alkanes of at least 4 members (excludes halogenated alkanes) is 15. The molecular formula is C60H96O6. The van der Waals surface area contributed by atoms with Crippen molar-refractivity contribution in [3.63, 3.8) is 0 Å². The van der Waals surface area contributed by atoms with Crippen LogP contribution in [0.3, 0.4) is 0 Å². The fourth-order valence-electron chi connectivity index (χ4n) is 6.75. The number of allylic oxidation sites excluding steroid dienone is 20. The first-order chi connectivity index (χ1) is 32.5. The third kappa shape index (κ3) is 50.8. The molecule has 1 atom stereocenters. The molecule has 0 radical (unpaired) electrons. The number of carbonyl (C=O) groups is 3. The smallest absolute Gasteiger partial charge is 0.306 e. The number of hydrogen-bond donors (Lipinski definition) is 0. The highest BCUT2D eigenvalue weighted by atomic mass is 16.6. The van der Waals surface area contributed by atoms with Crippen molar-refractivity contribution in [2.45, 2.75) is 226 Å². The van der Waals surface area contributed by atoms with Crippen LogP contribution in [-0.4, -0.2) is 37.2 Å². The number of rotatable bonds is 46. The number of esters is 3. The van der Waals surface area contributed by atoms with Crippen molar-refractivity contribution in [3.05, 3.63) is 122 Å². The van der Waals surface area contributed by atoms with Gasteiger partial charge in [-0.25, -0.2) is 0 Å². The van der Waals surface area contributed by atoms with Gasteiger partial charge in [-0.2, -0.15) is 0 Å². The quantitative estimate of drug-likeness (QED) is 0.0262. The molecule has 0 fully saturated rings. The molecule has 0 aromatic carbocycles. The molecule has 372 valence electrons. The predicted molar refractivity (Wildman–Crippen MR) is 283 cm³/mol. The number of carbonyl (C=O) groups excluding carboxylic acids is 3. The van der Waals surface area contributed by atoms with E-state index in [-0.39, 0.29) is 31.1 Å². The van der Waals surface area contributed by atoms with Crippen molar-refractivity contribution in [1.82, 2.24) is 0 Å². The van der Waals surface area contributed by atoms with Gasteiger partial charge in [0.25, 0.3) is 0 Å². The third-order valence-electron chi connectivity index (χ3n) is 10.7. The molecule has 0 rings (SSSR count). The molecule has 6 nitrogen and oxygen atoms in total. The van der Waals surface area contributed by atoms with Crippen LogP contribution in [0.4, 0.5) is 0 Å². The van der Waals surface area contributed by atoms with Crippen molar-refractivity contribution in [2.24, 2.45) is 0 Å². The molecule has 0 aliphatic carbocycles. The summed E-state index contributed by atoms with van der Waals surface area (Å²) in [7, 11) is 0. The minimum absolute atomic E-state index is 0.103. The maximum Gasteiger partial charge on any atom is 0.306 e. The van der Waals surface area contributed by atoms with Gasteiger partial charge < -0.3 is 14.2 Å². The number of hydrogen-bond acceptors (Lipinski definition) is 6. The van der Waals surface area contributed by atoms with E-state index in [0.29, 0.717) is 19.3 Å². The van der Waals surface area contributed by atoms with Gasteiger partial charge in [0.1, 0.15) is 13.2 Å². The summed E-state index contributed by atoms with van der Waals surface area (Å²) >= 11 is 0. The average Bonchev–Trinajstić information content (AvgIpc) is 3.31. The van der Waals surface area contributed by atoms with Crippen molar-refractivity contribution < 1.29 is 28.6 Å². The zero-order valence-corrected chi connectivity index (χ0v) is 42.4. The lowest BCUT2D eigenvalue weighted by atomic mass is 10.1. The van der Waals surface area contributed by atoms with Gasteiger partial charge in [0.15, 0.2) is 6.10 Å². The Balaban J connectivity index is 4.46. The first-order valence-corrected chi connectivity index (χ1v) is 26.5. The Morgan fingerprint density at radius 1 is 0.318 bits per heavy atom. The molecule has 66 heavy (non-hydrogen) atoms. The lowest BCUT2D eigenvalue weighted by Gasteiger charge is -2.18. The summed E-state index contributed by atoms with van der Waals surface area (Å²) in [6.45, 7) is 6.29. The molecule has 0 heterocycles. The predicted octanol–water partition coefficient (Wildman–Crippen LogP) is 17.7. The Kier molecular flexibility index (Phi) is 50.0. The third-order valence-corrected chi connectivity index (χ3v) is 10.7. The Labute approximate surface area is 405 Å². The summed E-state index contributed by atoms with van der Waals surface area (Å²) in [5.74, 6) is -0.967. The molecule has 1 unspecified atom stereocenters. The zero-order chi connectivity index (χ0) is 47.9. The lowest BCUT2D eigenvalue weighted by Crippen LogP contribution is -2.30. The monoisotopic (exact) mass is 913 g/mol. The van der Waals surface area contributed by atoms with Gasteiger partial charge in [-0.1, -0.05) is 200 Å². The van der Waals surface area contributed by atoms with Crippen LogP contribution >= 0.6 is 0 Å². The summed E-state index contributed by atoms with van der Waals surface area (Å²) in [6.07, 6.45) is 73.3. The van der Waals surface area contributed by atoms with Crippen LogP contribution in [0.1, 0.15) is 220 Å². The van der Waals surface area contributed by atoms with Crippen molar-refractivity contribution in [3.8, 4) is 0 Å². The van der Waals surface area contributed by atoms with Gasteiger partial charge in [-0.05, 0) is 122 Å². The highest BCUT2D eigenvalue weighted by Crippen LogP contribution is 2.13. The van der Waals surface area contributed by atoms with Crippen molar-refractivity contribution in [2.75, 3.05) is 13.2 Å². The molecule has 0 aromatic heterocycles. The van der Waals surface area contributed by atoms with Crippen LogP contribution in [0.25, 0.3) is 0 Å². The topological polar surface area (TPSA) is 78.9 Å². The normalized spacial score (nSPS) is 13.1. The van der Waals surface area contributed by atoms with Crippen LogP contribution in [0.2, 0.25) is 0 Å². The van der Waals surface area contributed by atoms with Crippen LogP contribution < -0.4 is 0 Å². The highest BCUT2D eigenvalue weighted by molar-refractivity contribution is 5.71. The van der Waals surface area contributed by atoms with Gasteiger partial charge >= 0.3 is 17.9 Å². The van der Waals surface area contributed by atoms with Crippen LogP contribution in [0, 0.1) is 0 Å². The van der Waals surface area contributed by atoms with Crippen molar-refractivity contribution >= 4 is 17.9 Å². The van der Waals surface area contributed by atoms with E-state index in [1.807, 2.05) is 0 Å². The Morgan fingerprint density at radius 3 is 0.955 bits per heavy atom. The molecule has 0 aliphatic heterocycles. The molecule has 0 aromatic rings. The molecule has 0 N–H and O–H groups in total. The van der Waals surface area contributed by atoms with Gasteiger partial charge in [0.05, 0.1) is 0 Å². The van der Waals surface area contributed by atoms with Crippen LogP contribution in [0.15, 0.2) is 122 Å². The Morgan fingerprint density at radius 2 is 0.591 bits per heavy atom. The van der Waals surface area contributed by atoms with E-state index in [2.05, 4.69) is 142 Å². The van der Waals surface area contributed by atoms with E-state index in [9.17, 15) is 14.4 Å². The maximum atomic E-state index is 12.8. The van der Waals surface area contributed by atoms with Crippen LogP contribution in [0.5, 0.6) is 0 Å². The lowest BCUT2D eigenvalue weighted by molar-refractivity contribution is -0.167. The second kappa shape index (κ2) is 53.4. The van der Waals surface area contributed by atoms with Gasteiger partial charge in [-0.3, -0.25) is 14.4 Å². The average molecular weight is 913 g/mol. The van der Waals surface area contributed by atoms with Gasteiger partial charge in [0, 0.05) is 19.3 Å². The van der Waals surface area contributed by atoms with E-state index in [4.69, 9.17) is 14.2 Å². The van der Waals surface area contributed by atoms with E-state index < -0.39 is 6.10 Å². The van der Waals surface area contributed by atoms with E-state index in [1.165, 1.54) is 25.7 Å². The summed E-state index contributed by atoms with van der Waals surface area (Å²) < 4.78 is 16.8. The van der Waals surface area contributed by atoms with Gasteiger partial charge in [0.2, 0.25) is 0 Å². The first-order valence-electron chi connectivity index (χ1n) is 26.5. The largest absolute Gasteiger partial charge is 0.462 e. The summed E-state index contributed by atoms with van der Waals surface area (Å²) in [5.41, 5.74) is 0. The first kappa shape index (κ1) is 61.8. The molecule has 0 bridgehead atoms. The summed E-state index contributed by atoms with van der Waals surface area (Å²) in [5, 5.41) is 0. The standard InChI is InChI=1S/C60H96O6/c1-4-7-10-13-16-19-22-24-26-28-30-32-34-36-38-41-44-47-50-53-59(62)65-56-57(55-64-58(61)52-49-46-43-40-21-18-15-12-9-6-3)66-60(63)54-51-48-45-42-39-37-35-33-31-29-27-25-23-20-17-14-11-8-5-2/h7-8,10-12,15-17,19-20,24-27,30-33,36,38,57H,4-6,9,13-14,18,21-23,28-29,34-35,37,39-56H2,1-3H3/b10-7-,11-8-,15-12-,19-16-,20-17-,26-24-,27-25-,32-30-,33-31-,38-36-. The Bertz CT molecular complexity index is 1420. The fraction of sp³-hybridized carbons (Fsp3) is 0.617. The summed E-state index contributed by atoms with van der Waals surface area (Å²) in [4.78, 5) is 38.0. The summed E-state index contributed by atoms with van der Waals surface area (Å²) in [6, 6.07) is 0. The van der Waals surface area contributed by atoms with Gasteiger partial charge in [-0.15, -0.1) is 0 Å². The fourth-order valence-corrected chi connectivity index (χ4v) is 6.75. The highest BCUT2D eigenvalue weighted by Gasteiger charge is 2.19. The molecule has 0 spiro atoms. The molecule has 0 amide bonds. The minimum Gasteiger partial charge on any atom is -0.462 e. The molecule has 0 saturated heterocycles. The molecule has 0 saturated carbocycles. The zero-order valence-electron chi connectivity index (χ0n) is 42.4. The maximum absolute atomic E-state index is 12.8. The second-order valence-electron chi connectivity index (χ2n) is 17.0. The number of ether oxygens (including phenoxy) is 3. The Hall–Kier alpha value is -4.19. The minimum atomic E-state index is -0.806. The van der Waals surface area contributed by atoms with E-state index in [0.717, 1.165) is 154 Å². The molecular weight excluding hydrogens is 817 g/mol. The van der Waals surface area contributed by atoms with Crippen LogP contribution in [-0.2, 0) is 28.6 Å². The van der Waals surface area contributed by atoms with Crippen molar-refractivity contribution in [1.29, 1.82) is 0 Å². The van der Waals surface area contributed by atoms with E-state index >= 15 is 0 Å². The SMILES string of the molecule is CC/C=C\C/C=C\C/C=C\C/C=C\C/C=C\CCCCCC(=O)OCC(COC(=O)CCCCCCC/C=C\CCC)OC(=O)CCCCCCCC/C=C\C/C=C\C/C=C\C/C=C\CC. The second-order valence-corrected chi connectivity index (χ2v) is 17.0.